The summed E-state index contributed by atoms with van der Waals surface area (Å²) in [4.78, 5) is 19.9. The van der Waals surface area contributed by atoms with E-state index in [1.165, 1.54) is 5.69 Å². The Morgan fingerprint density at radius 2 is 1.46 bits per heavy atom. The Morgan fingerprint density at radius 3 is 2.05 bits per heavy atom. The predicted octanol–water partition coefficient (Wildman–Crippen LogP) is 8.48. The molecule has 37 heavy (non-hydrogen) atoms. The van der Waals surface area contributed by atoms with Crippen molar-refractivity contribution in [1.29, 1.82) is 0 Å². The second-order valence-electron chi connectivity index (χ2n) is 10.5. The number of nitrogens with one attached hydrogen (secondary N) is 1. The van der Waals surface area contributed by atoms with E-state index in [4.69, 9.17) is 11.6 Å². The molecule has 186 valence electrons. The zero-order valence-electron chi connectivity index (χ0n) is 21.4. The SMILES string of the molecule is CC(C)(C)c1cc2cc(N(Cc3cccc(Cl)c3)C(=O)C(c3ccccc3)c3ccccc3)ccc2[nH]1. The molecule has 0 unspecified atom stereocenters. The third-order valence-corrected chi connectivity index (χ3v) is 6.97. The number of aromatic nitrogens is 1. The molecule has 4 aromatic carbocycles. The maximum absolute atomic E-state index is 14.5. The molecule has 1 heterocycles. The largest absolute Gasteiger partial charge is 0.358 e. The Bertz CT molecular complexity index is 1480. The van der Waals surface area contributed by atoms with Gasteiger partial charge in [-0.25, -0.2) is 0 Å². The van der Waals surface area contributed by atoms with Crippen LogP contribution >= 0.6 is 11.6 Å². The van der Waals surface area contributed by atoms with Crippen LogP contribution in [0.25, 0.3) is 10.9 Å². The van der Waals surface area contributed by atoms with E-state index < -0.39 is 5.92 Å². The van der Waals surface area contributed by atoms with E-state index in [2.05, 4.69) is 44.0 Å². The van der Waals surface area contributed by atoms with Crippen molar-refractivity contribution >= 4 is 34.1 Å². The first-order valence-corrected chi connectivity index (χ1v) is 13.0. The smallest absolute Gasteiger partial charge is 0.239 e. The number of aromatic amines is 1. The molecule has 0 bridgehead atoms. The molecule has 0 aliphatic heterocycles. The topological polar surface area (TPSA) is 36.1 Å². The highest BCUT2D eigenvalue weighted by Gasteiger charge is 2.29. The summed E-state index contributed by atoms with van der Waals surface area (Å²) >= 11 is 6.32. The van der Waals surface area contributed by atoms with Gasteiger partial charge in [0.25, 0.3) is 0 Å². The summed E-state index contributed by atoms with van der Waals surface area (Å²) in [6.45, 7) is 6.99. The highest BCUT2D eigenvalue weighted by atomic mass is 35.5. The number of nitrogens with zero attached hydrogens (tertiary/aromatic N) is 1. The van der Waals surface area contributed by atoms with Crippen LogP contribution in [0.2, 0.25) is 5.02 Å². The van der Waals surface area contributed by atoms with Crippen LogP contribution in [0.3, 0.4) is 0 Å². The number of fused-ring (bicyclic) bond motifs is 1. The molecular weight excluding hydrogens is 476 g/mol. The highest BCUT2D eigenvalue weighted by molar-refractivity contribution is 6.30. The van der Waals surface area contributed by atoms with Gasteiger partial charge < -0.3 is 9.88 Å². The quantitative estimate of drug-likeness (QED) is 0.246. The fourth-order valence-corrected chi connectivity index (χ4v) is 4.94. The molecule has 0 fully saturated rings. The van der Waals surface area contributed by atoms with Crippen LogP contribution in [-0.4, -0.2) is 10.9 Å². The van der Waals surface area contributed by atoms with Crippen molar-refractivity contribution in [2.24, 2.45) is 0 Å². The van der Waals surface area contributed by atoms with Crippen LogP contribution in [0.4, 0.5) is 5.69 Å². The molecule has 0 aliphatic carbocycles. The third-order valence-electron chi connectivity index (χ3n) is 6.73. The number of carbonyl (C=O) groups excluding carboxylic acids is 1. The van der Waals surface area contributed by atoms with Gasteiger partial charge in [0.15, 0.2) is 0 Å². The zero-order chi connectivity index (χ0) is 26.0. The van der Waals surface area contributed by atoms with Crippen LogP contribution in [0.5, 0.6) is 0 Å². The van der Waals surface area contributed by atoms with Gasteiger partial charge in [-0.2, -0.15) is 0 Å². The van der Waals surface area contributed by atoms with Gasteiger partial charge in [0.05, 0.1) is 12.5 Å². The van der Waals surface area contributed by atoms with Crippen LogP contribution in [-0.2, 0) is 16.8 Å². The van der Waals surface area contributed by atoms with E-state index >= 15 is 0 Å². The lowest BCUT2D eigenvalue weighted by molar-refractivity contribution is -0.119. The average Bonchev–Trinajstić information content (AvgIpc) is 3.33. The van der Waals surface area contributed by atoms with Gasteiger partial charge in [-0.15, -0.1) is 0 Å². The second kappa shape index (κ2) is 10.3. The highest BCUT2D eigenvalue weighted by Crippen LogP contribution is 2.33. The van der Waals surface area contributed by atoms with Crippen molar-refractivity contribution in [2.45, 2.75) is 38.6 Å². The molecule has 5 aromatic rings. The van der Waals surface area contributed by atoms with Gasteiger partial charge >= 0.3 is 0 Å². The standard InChI is InChI=1S/C33H31ClN2O/c1-33(2,3)30-21-26-20-28(17-18-29(26)35-30)36(22-23-11-10-16-27(34)19-23)32(37)31(24-12-6-4-7-13-24)25-14-8-5-9-15-25/h4-21,31,35H,22H2,1-3H3. The van der Waals surface area contributed by atoms with Crippen LogP contribution in [0.1, 0.15) is 49.1 Å². The number of rotatable bonds is 6. The summed E-state index contributed by atoms with van der Waals surface area (Å²) in [5, 5.41) is 1.74. The van der Waals surface area contributed by atoms with Crippen molar-refractivity contribution in [3.8, 4) is 0 Å². The molecule has 1 amide bonds. The normalized spacial score (nSPS) is 11.7. The minimum atomic E-state index is -0.436. The Labute approximate surface area is 223 Å². The molecular formula is C33H31ClN2O. The maximum atomic E-state index is 14.5. The van der Waals surface area contributed by atoms with E-state index in [1.807, 2.05) is 95.9 Å². The minimum Gasteiger partial charge on any atom is -0.358 e. The Balaban J connectivity index is 1.63. The second-order valence-corrected chi connectivity index (χ2v) is 10.9. The van der Waals surface area contributed by atoms with E-state index in [9.17, 15) is 4.79 Å². The number of hydrogen-bond donors (Lipinski definition) is 1. The van der Waals surface area contributed by atoms with Crippen molar-refractivity contribution < 1.29 is 4.79 Å². The van der Waals surface area contributed by atoms with Gasteiger partial charge in [-0.1, -0.05) is 105 Å². The molecule has 0 spiro atoms. The first-order chi connectivity index (χ1) is 17.8. The number of anilines is 1. The van der Waals surface area contributed by atoms with E-state index in [0.29, 0.717) is 11.6 Å². The molecule has 1 aromatic heterocycles. The van der Waals surface area contributed by atoms with Gasteiger partial charge in [0.1, 0.15) is 0 Å². The summed E-state index contributed by atoms with van der Waals surface area (Å²) in [6, 6.07) is 36.1. The molecule has 0 radical (unpaired) electrons. The number of halogens is 1. The molecule has 0 saturated heterocycles. The summed E-state index contributed by atoms with van der Waals surface area (Å²) in [5.41, 5.74) is 5.99. The summed E-state index contributed by atoms with van der Waals surface area (Å²) in [7, 11) is 0. The fraction of sp³-hybridized carbons (Fsp3) is 0.182. The fourth-order valence-electron chi connectivity index (χ4n) is 4.73. The van der Waals surface area contributed by atoms with E-state index in [-0.39, 0.29) is 11.3 Å². The van der Waals surface area contributed by atoms with E-state index in [1.54, 1.807) is 0 Å². The van der Waals surface area contributed by atoms with Crippen LogP contribution in [0, 0.1) is 0 Å². The van der Waals surface area contributed by atoms with Gasteiger partial charge in [-0.05, 0) is 53.1 Å². The predicted molar refractivity (Wildman–Crippen MR) is 154 cm³/mol. The average molecular weight is 507 g/mol. The summed E-state index contributed by atoms with van der Waals surface area (Å²) < 4.78 is 0. The monoisotopic (exact) mass is 506 g/mol. The van der Waals surface area contributed by atoms with Gasteiger partial charge in [0, 0.05) is 32.7 Å². The van der Waals surface area contributed by atoms with Gasteiger partial charge in [0.2, 0.25) is 5.91 Å². The Hall–Kier alpha value is -3.82. The Kier molecular flexibility index (Phi) is 6.90. The summed E-state index contributed by atoms with van der Waals surface area (Å²) in [6.07, 6.45) is 0. The van der Waals surface area contributed by atoms with Crippen molar-refractivity contribution in [3.63, 3.8) is 0 Å². The first kappa shape index (κ1) is 24.9. The lowest BCUT2D eigenvalue weighted by Gasteiger charge is -2.28. The van der Waals surface area contributed by atoms with E-state index in [0.717, 1.165) is 33.3 Å². The van der Waals surface area contributed by atoms with Crippen molar-refractivity contribution in [1.82, 2.24) is 4.98 Å². The molecule has 0 aliphatic rings. The number of carbonyl (C=O) groups is 1. The van der Waals surface area contributed by atoms with Crippen molar-refractivity contribution in [2.75, 3.05) is 4.90 Å². The Morgan fingerprint density at radius 1 is 0.811 bits per heavy atom. The number of H-pyrrole nitrogens is 1. The lowest BCUT2D eigenvalue weighted by Crippen LogP contribution is -2.35. The minimum absolute atomic E-state index is 0.00118. The maximum Gasteiger partial charge on any atom is 0.239 e. The third kappa shape index (κ3) is 5.47. The molecule has 3 nitrogen and oxygen atoms in total. The molecule has 5 rings (SSSR count). The number of amides is 1. The molecule has 0 atom stereocenters. The van der Waals surface area contributed by atoms with Gasteiger partial charge in [-0.3, -0.25) is 4.79 Å². The molecule has 1 N–H and O–H groups in total. The summed E-state index contributed by atoms with van der Waals surface area (Å²) in [5.74, 6) is -0.419. The number of benzene rings is 4. The molecule has 0 saturated carbocycles. The zero-order valence-corrected chi connectivity index (χ0v) is 22.2. The molecule has 4 heteroatoms. The first-order valence-electron chi connectivity index (χ1n) is 12.6. The van der Waals surface area contributed by atoms with Crippen LogP contribution < -0.4 is 4.90 Å². The van der Waals surface area contributed by atoms with Crippen LogP contribution in [0.15, 0.2) is 109 Å². The van der Waals surface area contributed by atoms with Crippen molar-refractivity contribution in [3.05, 3.63) is 137 Å². The number of hydrogen-bond acceptors (Lipinski definition) is 1. The lowest BCUT2D eigenvalue weighted by atomic mass is 9.89.